The van der Waals surface area contributed by atoms with Crippen molar-refractivity contribution in [3.05, 3.63) is 29.8 Å². The Kier molecular flexibility index (Phi) is 4.84. The van der Waals surface area contributed by atoms with Crippen molar-refractivity contribution in [2.24, 2.45) is 5.92 Å². The van der Waals surface area contributed by atoms with Gasteiger partial charge in [-0.2, -0.15) is 0 Å². The van der Waals surface area contributed by atoms with Crippen LogP contribution in [0.4, 0.5) is 0 Å². The molecule has 5 nitrogen and oxygen atoms in total. The molecule has 0 unspecified atom stereocenters. The first-order valence-corrected chi connectivity index (χ1v) is 8.48. The summed E-state index contributed by atoms with van der Waals surface area (Å²) in [4.78, 5) is 26.4. The first-order chi connectivity index (χ1) is 11.1. The summed E-state index contributed by atoms with van der Waals surface area (Å²) in [6, 6.07) is 6.90. The minimum Gasteiger partial charge on any atom is -0.508 e. The standard InChI is InChI=1S/C18H24N2O3/c21-16-8-4-3-7-14(16)11-17(22)19-15-9-10-20(12-15)18(23)13-5-1-2-6-13/h3-4,7-8,13,15,21H,1-2,5-6,9-12H2,(H,19,22)/t15-/m0/s1. The van der Waals surface area contributed by atoms with Crippen LogP contribution in [0.1, 0.15) is 37.7 Å². The Morgan fingerprint density at radius 2 is 1.91 bits per heavy atom. The van der Waals surface area contributed by atoms with Crippen LogP contribution in [0.2, 0.25) is 0 Å². The second-order valence-electron chi connectivity index (χ2n) is 6.62. The molecule has 2 N–H and O–H groups in total. The quantitative estimate of drug-likeness (QED) is 0.890. The Balaban J connectivity index is 1.48. The molecule has 2 fully saturated rings. The van der Waals surface area contributed by atoms with Crippen LogP contribution in [0.3, 0.4) is 0 Å². The fourth-order valence-corrected chi connectivity index (χ4v) is 3.62. The fourth-order valence-electron chi connectivity index (χ4n) is 3.62. The van der Waals surface area contributed by atoms with Gasteiger partial charge in [-0.15, -0.1) is 0 Å². The predicted octanol–water partition coefficient (Wildman–Crippen LogP) is 1.84. The molecule has 23 heavy (non-hydrogen) atoms. The monoisotopic (exact) mass is 316 g/mol. The maximum atomic E-state index is 12.4. The number of likely N-dealkylation sites (tertiary alicyclic amines) is 1. The summed E-state index contributed by atoms with van der Waals surface area (Å²) in [5.41, 5.74) is 0.627. The van der Waals surface area contributed by atoms with Gasteiger partial charge < -0.3 is 15.3 Å². The highest BCUT2D eigenvalue weighted by Gasteiger charge is 2.32. The van der Waals surface area contributed by atoms with Crippen molar-refractivity contribution in [2.75, 3.05) is 13.1 Å². The van der Waals surface area contributed by atoms with Crippen LogP contribution in [-0.4, -0.2) is 41.0 Å². The Labute approximate surface area is 136 Å². The molecule has 0 aromatic heterocycles. The van der Waals surface area contributed by atoms with E-state index in [2.05, 4.69) is 5.32 Å². The van der Waals surface area contributed by atoms with E-state index in [0.29, 0.717) is 12.1 Å². The summed E-state index contributed by atoms with van der Waals surface area (Å²) < 4.78 is 0. The predicted molar refractivity (Wildman–Crippen MR) is 86.9 cm³/mol. The second-order valence-corrected chi connectivity index (χ2v) is 6.62. The summed E-state index contributed by atoms with van der Waals surface area (Å²) >= 11 is 0. The van der Waals surface area contributed by atoms with Gasteiger partial charge in [0.2, 0.25) is 11.8 Å². The van der Waals surface area contributed by atoms with Crippen LogP contribution < -0.4 is 5.32 Å². The van der Waals surface area contributed by atoms with Gasteiger partial charge in [0.15, 0.2) is 0 Å². The first-order valence-electron chi connectivity index (χ1n) is 8.48. The molecular formula is C18H24N2O3. The number of nitrogens with zero attached hydrogens (tertiary/aromatic N) is 1. The highest BCUT2D eigenvalue weighted by molar-refractivity contribution is 5.81. The smallest absolute Gasteiger partial charge is 0.225 e. The maximum absolute atomic E-state index is 12.4. The average Bonchev–Trinajstić information content (AvgIpc) is 3.20. The molecule has 5 heteroatoms. The summed E-state index contributed by atoms with van der Waals surface area (Å²) in [6.07, 6.45) is 5.32. The normalized spacial score (nSPS) is 21.6. The lowest BCUT2D eigenvalue weighted by molar-refractivity contribution is -0.134. The number of phenols is 1. The number of para-hydroxylation sites is 1. The summed E-state index contributed by atoms with van der Waals surface area (Å²) in [5, 5.41) is 12.7. The van der Waals surface area contributed by atoms with Gasteiger partial charge in [0.1, 0.15) is 5.75 Å². The molecule has 124 valence electrons. The maximum Gasteiger partial charge on any atom is 0.225 e. The Morgan fingerprint density at radius 3 is 2.65 bits per heavy atom. The minimum absolute atomic E-state index is 0.0266. The molecule has 2 aliphatic rings. The molecule has 0 radical (unpaired) electrons. The van der Waals surface area contributed by atoms with Crippen molar-refractivity contribution in [3.8, 4) is 5.75 Å². The molecule has 1 aliphatic heterocycles. The van der Waals surface area contributed by atoms with Gasteiger partial charge in [-0.25, -0.2) is 0 Å². The summed E-state index contributed by atoms with van der Waals surface area (Å²) in [5.74, 6) is 0.504. The average molecular weight is 316 g/mol. The van der Waals surface area contributed by atoms with E-state index in [1.165, 1.54) is 0 Å². The number of amides is 2. The largest absolute Gasteiger partial charge is 0.508 e. The summed E-state index contributed by atoms with van der Waals surface area (Å²) in [6.45, 7) is 1.35. The van der Waals surface area contributed by atoms with Crippen molar-refractivity contribution in [1.29, 1.82) is 0 Å². The minimum atomic E-state index is -0.105. The third-order valence-corrected chi connectivity index (χ3v) is 4.91. The van der Waals surface area contributed by atoms with Gasteiger partial charge in [-0.1, -0.05) is 31.0 Å². The number of carbonyl (C=O) groups is 2. The molecular weight excluding hydrogens is 292 g/mol. The van der Waals surface area contributed by atoms with Crippen LogP contribution in [0.25, 0.3) is 0 Å². The lowest BCUT2D eigenvalue weighted by atomic mass is 10.1. The topological polar surface area (TPSA) is 69.6 Å². The molecule has 2 amide bonds. The van der Waals surface area contributed by atoms with E-state index < -0.39 is 0 Å². The molecule has 1 aromatic rings. The van der Waals surface area contributed by atoms with Gasteiger partial charge in [-0.3, -0.25) is 9.59 Å². The van der Waals surface area contributed by atoms with Gasteiger partial charge in [0.05, 0.1) is 6.42 Å². The summed E-state index contributed by atoms with van der Waals surface area (Å²) in [7, 11) is 0. The SMILES string of the molecule is O=C(Cc1ccccc1O)N[C@H]1CCN(C(=O)C2CCCC2)C1. The number of hydrogen-bond acceptors (Lipinski definition) is 3. The third-order valence-electron chi connectivity index (χ3n) is 4.91. The van der Waals surface area contributed by atoms with Crippen LogP contribution in [0, 0.1) is 5.92 Å². The molecule has 1 aromatic carbocycles. The zero-order valence-electron chi connectivity index (χ0n) is 13.3. The lowest BCUT2D eigenvalue weighted by Crippen LogP contribution is -2.40. The number of aromatic hydroxyl groups is 1. The fraction of sp³-hybridized carbons (Fsp3) is 0.556. The first kappa shape index (κ1) is 15.8. The van der Waals surface area contributed by atoms with Gasteiger partial charge in [0.25, 0.3) is 0 Å². The molecule has 0 spiro atoms. The van der Waals surface area contributed by atoms with Crippen LogP contribution >= 0.6 is 0 Å². The van der Waals surface area contributed by atoms with Crippen LogP contribution in [0.15, 0.2) is 24.3 Å². The Hall–Kier alpha value is -2.04. The molecule has 1 heterocycles. The van der Waals surface area contributed by atoms with Crippen molar-refractivity contribution in [3.63, 3.8) is 0 Å². The molecule has 1 aliphatic carbocycles. The highest BCUT2D eigenvalue weighted by Crippen LogP contribution is 2.27. The van der Waals surface area contributed by atoms with Gasteiger partial charge >= 0.3 is 0 Å². The van der Waals surface area contributed by atoms with Crippen LogP contribution in [0.5, 0.6) is 5.75 Å². The zero-order chi connectivity index (χ0) is 16.2. The van der Waals surface area contributed by atoms with Crippen molar-refractivity contribution in [1.82, 2.24) is 10.2 Å². The van der Waals surface area contributed by atoms with Crippen molar-refractivity contribution in [2.45, 2.75) is 44.6 Å². The Morgan fingerprint density at radius 1 is 1.17 bits per heavy atom. The molecule has 1 saturated carbocycles. The molecule has 0 bridgehead atoms. The lowest BCUT2D eigenvalue weighted by Gasteiger charge is -2.20. The molecule has 3 rings (SSSR count). The van der Waals surface area contributed by atoms with E-state index in [4.69, 9.17) is 0 Å². The molecule has 1 atom stereocenters. The van der Waals surface area contributed by atoms with E-state index >= 15 is 0 Å². The third kappa shape index (κ3) is 3.84. The zero-order valence-corrected chi connectivity index (χ0v) is 13.3. The van der Waals surface area contributed by atoms with E-state index in [9.17, 15) is 14.7 Å². The van der Waals surface area contributed by atoms with E-state index in [1.54, 1.807) is 24.3 Å². The number of phenolic OH excluding ortho intramolecular Hbond substituents is 1. The van der Waals surface area contributed by atoms with Crippen molar-refractivity contribution >= 4 is 11.8 Å². The highest BCUT2D eigenvalue weighted by atomic mass is 16.3. The van der Waals surface area contributed by atoms with E-state index in [1.807, 2.05) is 4.90 Å². The van der Waals surface area contributed by atoms with Gasteiger partial charge in [0, 0.05) is 30.6 Å². The number of nitrogens with one attached hydrogen (secondary N) is 1. The van der Waals surface area contributed by atoms with Crippen molar-refractivity contribution < 1.29 is 14.7 Å². The van der Waals surface area contributed by atoms with E-state index in [-0.39, 0.29) is 35.9 Å². The number of benzene rings is 1. The number of rotatable bonds is 4. The second kappa shape index (κ2) is 7.02. The number of carbonyl (C=O) groups excluding carboxylic acids is 2. The Bertz CT molecular complexity index is 581. The molecule has 1 saturated heterocycles. The van der Waals surface area contributed by atoms with E-state index in [0.717, 1.165) is 38.6 Å². The van der Waals surface area contributed by atoms with Gasteiger partial charge in [-0.05, 0) is 25.3 Å². The van der Waals surface area contributed by atoms with Crippen LogP contribution in [-0.2, 0) is 16.0 Å². The number of hydrogen-bond donors (Lipinski definition) is 2.